The number of carbonyl (C=O) groups excluding carboxylic acids is 2. The molecule has 6 heteroatoms. The van der Waals surface area contributed by atoms with Gasteiger partial charge in [0.05, 0.1) is 19.4 Å². The molecule has 1 rings (SSSR count). The van der Waals surface area contributed by atoms with Gasteiger partial charge in [-0.25, -0.2) is 0 Å². The average molecular weight is 338 g/mol. The van der Waals surface area contributed by atoms with Gasteiger partial charge in [0.25, 0.3) is 0 Å². The zero-order chi connectivity index (χ0) is 18.2. The maximum atomic E-state index is 12.1. The molecule has 0 bridgehead atoms. The van der Waals surface area contributed by atoms with Crippen molar-refractivity contribution >= 4 is 11.8 Å². The Hall–Kier alpha value is -1.82. The summed E-state index contributed by atoms with van der Waals surface area (Å²) in [5.74, 6) is 0.637. The molecule has 0 aliphatic heterocycles. The van der Waals surface area contributed by atoms with E-state index in [0.29, 0.717) is 31.3 Å². The lowest BCUT2D eigenvalue weighted by atomic mass is 9.92. The van der Waals surface area contributed by atoms with E-state index in [0.717, 1.165) is 0 Å². The lowest BCUT2D eigenvalue weighted by Gasteiger charge is -2.19. The summed E-state index contributed by atoms with van der Waals surface area (Å²) in [7, 11) is 0. The van der Waals surface area contributed by atoms with Gasteiger partial charge in [-0.1, -0.05) is 34.6 Å². The highest BCUT2D eigenvalue weighted by Crippen LogP contribution is 2.17. The Labute approximate surface area is 144 Å². The van der Waals surface area contributed by atoms with Gasteiger partial charge < -0.3 is 19.8 Å². The molecule has 0 aromatic carbocycles. The molecule has 0 spiro atoms. The zero-order valence-electron chi connectivity index (χ0n) is 15.3. The Morgan fingerprint density at radius 1 is 1.21 bits per heavy atom. The van der Waals surface area contributed by atoms with Crippen LogP contribution in [0.1, 0.15) is 52.8 Å². The second-order valence-electron chi connectivity index (χ2n) is 7.58. The number of hydrogen-bond acceptors (Lipinski definition) is 4. The van der Waals surface area contributed by atoms with Crippen molar-refractivity contribution in [3.05, 3.63) is 24.2 Å². The summed E-state index contributed by atoms with van der Waals surface area (Å²) in [4.78, 5) is 23.9. The van der Waals surface area contributed by atoms with E-state index >= 15 is 0 Å². The van der Waals surface area contributed by atoms with Gasteiger partial charge in [0.1, 0.15) is 11.8 Å². The first-order chi connectivity index (χ1) is 11.2. The molecule has 136 valence electrons. The summed E-state index contributed by atoms with van der Waals surface area (Å²) >= 11 is 0. The van der Waals surface area contributed by atoms with Crippen LogP contribution in [0.4, 0.5) is 0 Å². The number of carbonyl (C=O) groups is 2. The highest BCUT2D eigenvalue weighted by atomic mass is 16.5. The summed E-state index contributed by atoms with van der Waals surface area (Å²) in [6, 6.07) is 3.19. The lowest BCUT2D eigenvalue weighted by Crippen LogP contribution is -2.40. The summed E-state index contributed by atoms with van der Waals surface area (Å²) < 4.78 is 11.0. The Kier molecular flexibility index (Phi) is 7.98. The van der Waals surface area contributed by atoms with Crippen molar-refractivity contribution in [1.82, 2.24) is 10.6 Å². The normalized spacial score (nSPS) is 12.9. The first kappa shape index (κ1) is 20.2. The summed E-state index contributed by atoms with van der Waals surface area (Å²) in [5.41, 5.74) is -0.109. The van der Waals surface area contributed by atoms with E-state index in [9.17, 15) is 9.59 Å². The van der Waals surface area contributed by atoms with Crippen molar-refractivity contribution in [3.63, 3.8) is 0 Å². The van der Waals surface area contributed by atoms with Crippen molar-refractivity contribution in [1.29, 1.82) is 0 Å². The minimum atomic E-state index is -0.370. The molecule has 2 amide bonds. The standard InChI is InChI=1S/C18H30N2O4/c1-13(2)11-23-12-14(15-7-6-8-24-15)20-17(22)10-19-16(21)9-18(3,4)5/h6-8,13-14H,9-12H2,1-5H3,(H,19,21)(H,20,22)/t14-/m1/s1. The van der Waals surface area contributed by atoms with E-state index in [1.165, 1.54) is 0 Å². The topological polar surface area (TPSA) is 80.6 Å². The Morgan fingerprint density at radius 2 is 1.92 bits per heavy atom. The fourth-order valence-electron chi connectivity index (χ4n) is 2.07. The van der Waals surface area contributed by atoms with Crippen LogP contribution in [0.25, 0.3) is 0 Å². The molecule has 0 aliphatic carbocycles. The van der Waals surface area contributed by atoms with E-state index in [1.54, 1.807) is 18.4 Å². The third kappa shape index (κ3) is 8.72. The van der Waals surface area contributed by atoms with E-state index < -0.39 is 0 Å². The predicted octanol–water partition coefficient (Wildman–Crippen LogP) is 2.66. The molecule has 0 aliphatic rings. The highest BCUT2D eigenvalue weighted by Gasteiger charge is 2.19. The highest BCUT2D eigenvalue weighted by molar-refractivity contribution is 5.85. The van der Waals surface area contributed by atoms with E-state index in [4.69, 9.17) is 9.15 Å². The van der Waals surface area contributed by atoms with Crippen molar-refractivity contribution in [2.45, 2.75) is 47.1 Å². The molecule has 0 saturated carbocycles. The molecule has 1 atom stereocenters. The van der Waals surface area contributed by atoms with Gasteiger partial charge in [0.15, 0.2) is 0 Å². The molecule has 2 N–H and O–H groups in total. The molecule has 24 heavy (non-hydrogen) atoms. The molecule has 1 aromatic heterocycles. The van der Waals surface area contributed by atoms with Crippen LogP contribution in [0.3, 0.4) is 0 Å². The fraction of sp³-hybridized carbons (Fsp3) is 0.667. The number of nitrogens with one attached hydrogen (secondary N) is 2. The lowest BCUT2D eigenvalue weighted by molar-refractivity contribution is -0.127. The largest absolute Gasteiger partial charge is 0.467 e. The van der Waals surface area contributed by atoms with Crippen LogP contribution < -0.4 is 10.6 Å². The van der Waals surface area contributed by atoms with E-state index in [1.807, 2.05) is 20.8 Å². The Bertz CT molecular complexity index is 504. The van der Waals surface area contributed by atoms with Gasteiger partial charge in [-0.3, -0.25) is 9.59 Å². The number of ether oxygens (including phenoxy) is 1. The number of rotatable bonds is 9. The molecular weight excluding hydrogens is 308 g/mol. The fourth-order valence-corrected chi connectivity index (χ4v) is 2.07. The third-order valence-corrected chi connectivity index (χ3v) is 3.09. The van der Waals surface area contributed by atoms with Gasteiger partial charge in [-0.05, 0) is 23.5 Å². The zero-order valence-corrected chi connectivity index (χ0v) is 15.3. The van der Waals surface area contributed by atoms with Crippen LogP contribution >= 0.6 is 0 Å². The number of furan rings is 1. The minimum Gasteiger partial charge on any atom is -0.467 e. The van der Waals surface area contributed by atoms with Crippen LogP contribution in [0, 0.1) is 11.3 Å². The number of amides is 2. The van der Waals surface area contributed by atoms with Crippen molar-refractivity contribution in [2.75, 3.05) is 19.8 Å². The predicted molar refractivity (Wildman–Crippen MR) is 92.3 cm³/mol. The number of hydrogen-bond donors (Lipinski definition) is 2. The minimum absolute atomic E-state index is 0.0592. The summed E-state index contributed by atoms with van der Waals surface area (Å²) in [6.45, 7) is 10.9. The van der Waals surface area contributed by atoms with Crippen LogP contribution in [-0.4, -0.2) is 31.6 Å². The van der Waals surface area contributed by atoms with Gasteiger partial charge in [0, 0.05) is 13.0 Å². The van der Waals surface area contributed by atoms with Gasteiger partial charge in [0.2, 0.25) is 11.8 Å². The van der Waals surface area contributed by atoms with Crippen LogP contribution in [0.2, 0.25) is 0 Å². The molecule has 0 unspecified atom stereocenters. The van der Waals surface area contributed by atoms with Crippen LogP contribution in [0.15, 0.2) is 22.8 Å². The molecule has 6 nitrogen and oxygen atoms in total. The quantitative estimate of drug-likeness (QED) is 0.725. The molecule has 0 fully saturated rings. The van der Waals surface area contributed by atoms with Gasteiger partial charge in [-0.15, -0.1) is 0 Å². The maximum Gasteiger partial charge on any atom is 0.240 e. The monoisotopic (exact) mass is 338 g/mol. The molecule has 1 heterocycles. The van der Waals surface area contributed by atoms with Gasteiger partial charge in [-0.2, -0.15) is 0 Å². The Balaban J connectivity index is 2.47. The first-order valence-corrected chi connectivity index (χ1v) is 8.34. The molecular formula is C18H30N2O4. The Morgan fingerprint density at radius 3 is 2.46 bits per heavy atom. The van der Waals surface area contributed by atoms with Crippen LogP contribution in [-0.2, 0) is 14.3 Å². The average Bonchev–Trinajstić information content (AvgIpc) is 2.96. The third-order valence-electron chi connectivity index (χ3n) is 3.09. The molecule has 1 aromatic rings. The van der Waals surface area contributed by atoms with Crippen molar-refractivity contribution in [2.24, 2.45) is 11.3 Å². The summed E-state index contributed by atoms with van der Waals surface area (Å²) in [5, 5.41) is 5.48. The summed E-state index contributed by atoms with van der Waals surface area (Å²) in [6.07, 6.45) is 1.93. The second-order valence-corrected chi connectivity index (χ2v) is 7.58. The van der Waals surface area contributed by atoms with Crippen molar-refractivity contribution < 1.29 is 18.7 Å². The van der Waals surface area contributed by atoms with Crippen LogP contribution in [0.5, 0.6) is 0 Å². The molecule has 0 saturated heterocycles. The van der Waals surface area contributed by atoms with Gasteiger partial charge >= 0.3 is 0 Å². The second kappa shape index (κ2) is 9.47. The van der Waals surface area contributed by atoms with E-state index in [-0.39, 0.29) is 29.8 Å². The maximum absolute atomic E-state index is 12.1. The SMILES string of the molecule is CC(C)COC[C@@H](NC(=O)CNC(=O)CC(C)(C)C)c1ccco1. The smallest absolute Gasteiger partial charge is 0.240 e. The van der Waals surface area contributed by atoms with Crippen molar-refractivity contribution in [3.8, 4) is 0 Å². The molecule has 0 radical (unpaired) electrons. The van der Waals surface area contributed by atoms with E-state index in [2.05, 4.69) is 24.5 Å². The first-order valence-electron chi connectivity index (χ1n) is 8.34.